The van der Waals surface area contributed by atoms with Crippen molar-refractivity contribution in [3.05, 3.63) is 111 Å². The van der Waals surface area contributed by atoms with Gasteiger partial charge in [0.05, 0.1) is 18.0 Å². The van der Waals surface area contributed by atoms with Crippen LogP contribution in [0.1, 0.15) is 5.76 Å². The Labute approximate surface area is 165 Å². The number of furan rings is 1. The van der Waals surface area contributed by atoms with E-state index in [4.69, 9.17) is 4.42 Å². The molecule has 0 atom stereocenters. The van der Waals surface area contributed by atoms with Crippen molar-refractivity contribution in [2.75, 3.05) is 0 Å². The van der Waals surface area contributed by atoms with Crippen LogP contribution < -0.4 is 5.56 Å². The van der Waals surface area contributed by atoms with E-state index in [1.54, 1.807) is 0 Å². The van der Waals surface area contributed by atoms with Crippen molar-refractivity contribution < 1.29 is 9.34 Å². The zero-order chi connectivity index (χ0) is 20.2. The van der Waals surface area contributed by atoms with Gasteiger partial charge in [-0.2, -0.15) is 9.78 Å². The molecule has 0 saturated heterocycles. The van der Waals surface area contributed by atoms with Gasteiger partial charge in [-0.1, -0.05) is 60.7 Å². The third-order valence-corrected chi connectivity index (χ3v) is 4.28. The molecule has 4 rings (SSSR count). The van der Waals surface area contributed by atoms with E-state index in [0.29, 0.717) is 5.69 Å². The quantitative estimate of drug-likeness (QED) is 0.286. The fraction of sp³-hybridized carbons (Fsp3) is 0. The smallest absolute Gasteiger partial charge is 0.400 e. The van der Waals surface area contributed by atoms with E-state index in [1.807, 2.05) is 66.7 Å². The molecule has 0 spiro atoms. The van der Waals surface area contributed by atoms with Gasteiger partial charge in [-0.05, 0) is 23.3 Å². The first-order chi connectivity index (χ1) is 14.1. The summed E-state index contributed by atoms with van der Waals surface area (Å²) < 4.78 is 6.33. The summed E-state index contributed by atoms with van der Waals surface area (Å²) in [4.78, 5) is 23.0. The lowest BCUT2D eigenvalue weighted by molar-refractivity contribution is -0.402. The molecule has 2 aromatic heterocycles. The summed E-state index contributed by atoms with van der Waals surface area (Å²) in [6, 6.07) is 25.0. The highest BCUT2D eigenvalue weighted by Crippen LogP contribution is 2.25. The summed E-state index contributed by atoms with van der Waals surface area (Å²) >= 11 is 0. The van der Waals surface area contributed by atoms with Crippen molar-refractivity contribution in [3.63, 3.8) is 0 Å². The van der Waals surface area contributed by atoms with Gasteiger partial charge in [0.25, 0.3) is 5.56 Å². The number of nitro groups is 1. The molecule has 0 saturated carbocycles. The highest BCUT2D eigenvalue weighted by molar-refractivity contribution is 5.77. The Bertz CT molecular complexity index is 1240. The second-order valence-corrected chi connectivity index (χ2v) is 6.19. The van der Waals surface area contributed by atoms with Crippen LogP contribution in [0.2, 0.25) is 0 Å². The van der Waals surface area contributed by atoms with E-state index >= 15 is 0 Å². The first-order valence-electron chi connectivity index (χ1n) is 8.78. The molecule has 7 nitrogen and oxygen atoms in total. The number of rotatable bonds is 5. The Morgan fingerprint density at radius 2 is 1.52 bits per heavy atom. The average molecular weight is 385 g/mol. The molecule has 29 heavy (non-hydrogen) atoms. The molecule has 4 aromatic rings. The van der Waals surface area contributed by atoms with Gasteiger partial charge in [-0.15, -0.1) is 0 Å². The standard InChI is InChI=1S/C22H15N3O4/c26-21-14-18(16-7-3-1-4-8-16)13-20(17-9-5-2-6-10-17)24(21)23-15-19-11-12-22(29-19)25(27)28/h1-15H. The van der Waals surface area contributed by atoms with Crippen molar-refractivity contribution in [3.8, 4) is 22.4 Å². The summed E-state index contributed by atoms with van der Waals surface area (Å²) in [5.41, 5.74) is 2.76. The van der Waals surface area contributed by atoms with E-state index in [1.165, 1.54) is 29.1 Å². The van der Waals surface area contributed by atoms with Crippen LogP contribution in [0, 0.1) is 10.1 Å². The maximum Gasteiger partial charge on any atom is 0.433 e. The lowest BCUT2D eigenvalue weighted by Crippen LogP contribution is -2.17. The second-order valence-electron chi connectivity index (χ2n) is 6.19. The van der Waals surface area contributed by atoms with Gasteiger partial charge >= 0.3 is 5.88 Å². The molecule has 0 amide bonds. The van der Waals surface area contributed by atoms with Crippen molar-refractivity contribution in [2.24, 2.45) is 5.10 Å². The molecule has 0 aliphatic carbocycles. The Kier molecular flexibility index (Phi) is 4.86. The molecule has 0 unspecified atom stereocenters. The molecule has 0 aliphatic heterocycles. The molecule has 2 heterocycles. The highest BCUT2D eigenvalue weighted by atomic mass is 16.6. The zero-order valence-corrected chi connectivity index (χ0v) is 15.1. The Morgan fingerprint density at radius 1 is 0.862 bits per heavy atom. The predicted octanol–water partition coefficient (Wildman–Crippen LogP) is 4.57. The lowest BCUT2D eigenvalue weighted by Gasteiger charge is -2.11. The molecule has 0 radical (unpaired) electrons. The fourth-order valence-electron chi connectivity index (χ4n) is 2.92. The van der Waals surface area contributed by atoms with Crippen molar-refractivity contribution in [1.29, 1.82) is 0 Å². The van der Waals surface area contributed by atoms with Crippen LogP contribution in [-0.4, -0.2) is 15.8 Å². The first kappa shape index (κ1) is 18.1. The number of benzene rings is 2. The SMILES string of the molecule is O=c1cc(-c2ccccc2)cc(-c2ccccc2)n1N=Cc1ccc([N+](=O)[O-])o1. The van der Waals surface area contributed by atoms with Crippen molar-refractivity contribution >= 4 is 12.1 Å². The highest BCUT2D eigenvalue weighted by Gasteiger charge is 2.12. The van der Waals surface area contributed by atoms with Crippen LogP contribution in [0.5, 0.6) is 0 Å². The van der Waals surface area contributed by atoms with E-state index in [9.17, 15) is 14.9 Å². The van der Waals surface area contributed by atoms with Gasteiger partial charge in [-0.25, -0.2) is 0 Å². The number of pyridine rings is 1. The summed E-state index contributed by atoms with van der Waals surface area (Å²) in [6.07, 6.45) is 1.28. The van der Waals surface area contributed by atoms with Crippen molar-refractivity contribution in [2.45, 2.75) is 0 Å². The molecule has 0 bridgehead atoms. The third kappa shape index (κ3) is 3.89. The Balaban J connectivity index is 1.83. The summed E-state index contributed by atoms with van der Waals surface area (Å²) in [7, 11) is 0. The second kappa shape index (κ2) is 7.77. The normalized spacial score (nSPS) is 11.0. The van der Waals surface area contributed by atoms with E-state index < -0.39 is 4.92 Å². The van der Waals surface area contributed by atoms with E-state index in [2.05, 4.69) is 5.10 Å². The number of hydrogen-bond donors (Lipinski definition) is 0. The predicted molar refractivity (Wildman–Crippen MR) is 110 cm³/mol. The van der Waals surface area contributed by atoms with E-state index in [0.717, 1.165) is 16.7 Å². The summed E-state index contributed by atoms with van der Waals surface area (Å²) in [5.74, 6) is -0.212. The van der Waals surface area contributed by atoms with Gasteiger partial charge in [0.15, 0.2) is 5.76 Å². The number of hydrogen-bond acceptors (Lipinski definition) is 5. The van der Waals surface area contributed by atoms with Crippen LogP contribution in [-0.2, 0) is 0 Å². The monoisotopic (exact) mass is 385 g/mol. The fourth-order valence-corrected chi connectivity index (χ4v) is 2.92. The minimum Gasteiger partial charge on any atom is -0.400 e. The zero-order valence-electron chi connectivity index (χ0n) is 15.1. The van der Waals surface area contributed by atoms with Crippen molar-refractivity contribution in [1.82, 2.24) is 4.68 Å². The molecule has 142 valence electrons. The third-order valence-electron chi connectivity index (χ3n) is 4.28. The Hall–Kier alpha value is -4.26. The van der Waals surface area contributed by atoms with Gasteiger partial charge < -0.3 is 4.42 Å². The lowest BCUT2D eigenvalue weighted by atomic mass is 10.0. The Morgan fingerprint density at radius 3 is 2.14 bits per heavy atom. The van der Waals surface area contributed by atoms with Crippen LogP contribution >= 0.6 is 0 Å². The number of aromatic nitrogens is 1. The van der Waals surface area contributed by atoms with Gasteiger partial charge in [0.1, 0.15) is 4.92 Å². The summed E-state index contributed by atoms with van der Waals surface area (Å²) in [6.45, 7) is 0. The molecular formula is C22H15N3O4. The van der Waals surface area contributed by atoms with Gasteiger partial charge in [-0.3, -0.25) is 14.9 Å². The summed E-state index contributed by atoms with van der Waals surface area (Å²) in [5, 5.41) is 15.0. The van der Waals surface area contributed by atoms with Gasteiger partial charge in [0.2, 0.25) is 0 Å². The minimum atomic E-state index is -0.631. The van der Waals surface area contributed by atoms with Crippen LogP contribution in [0.25, 0.3) is 22.4 Å². The molecule has 7 heteroatoms. The largest absolute Gasteiger partial charge is 0.433 e. The molecule has 0 fully saturated rings. The molecule has 2 aromatic carbocycles. The maximum atomic E-state index is 12.9. The van der Waals surface area contributed by atoms with Crippen LogP contribution in [0.3, 0.4) is 0 Å². The first-order valence-corrected chi connectivity index (χ1v) is 8.78. The maximum absolute atomic E-state index is 12.9. The van der Waals surface area contributed by atoms with E-state index in [-0.39, 0.29) is 17.2 Å². The molecule has 0 N–H and O–H groups in total. The topological polar surface area (TPSA) is 90.6 Å². The van der Waals surface area contributed by atoms with Gasteiger partial charge in [0, 0.05) is 11.6 Å². The average Bonchev–Trinajstić information content (AvgIpc) is 3.23. The molecular weight excluding hydrogens is 370 g/mol. The number of nitrogens with zero attached hydrogens (tertiary/aromatic N) is 3. The minimum absolute atomic E-state index is 0.176. The molecule has 0 aliphatic rings. The van der Waals surface area contributed by atoms with Crippen LogP contribution in [0.15, 0.2) is 99.2 Å². The van der Waals surface area contributed by atoms with Crippen LogP contribution in [0.4, 0.5) is 5.88 Å².